The number of aromatic carboxylic acids is 1. The van der Waals surface area contributed by atoms with Crippen LogP contribution in [0.3, 0.4) is 0 Å². The monoisotopic (exact) mass is 315 g/mol. The molecular formula is C11H14BrN3O3. The molecule has 0 aliphatic carbocycles. The van der Waals surface area contributed by atoms with Crippen LogP contribution in [0.5, 0.6) is 0 Å². The first-order valence-corrected chi connectivity index (χ1v) is 5.92. The maximum absolute atomic E-state index is 11.6. The van der Waals surface area contributed by atoms with Gasteiger partial charge in [-0.3, -0.25) is 4.79 Å². The maximum atomic E-state index is 11.6. The van der Waals surface area contributed by atoms with E-state index in [2.05, 4.69) is 20.9 Å². The van der Waals surface area contributed by atoms with E-state index in [0.717, 1.165) is 0 Å². The summed E-state index contributed by atoms with van der Waals surface area (Å²) in [4.78, 5) is 29.7. The molecule has 18 heavy (non-hydrogen) atoms. The number of likely N-dealkylation sites (N-methyl/N-ethyl adjacent to an activating group) is 2. The number of carbonyl (C=O) groups is 2. The lowest BCUT2D eigenvalue weighted by molar-refractivity contribution is -0.127. The highest BCUT2D eigenvalue weighted by molar-refractivity contribution is 9.10. The number of carbonyl (C=O) groups excluding carboxylic acids is 1. The molecule has 1 amide bonds. The zero-order valence-electron chi connectivity index (χ0n) is 10.3. The Hall–Kier alpha value is -1.63. The Morgan fingerprint density at radius 3 is 2.50 bits per heavy atom. The summed E-state index contributed by atoms with van der Waals surface area (Å²) in [6.07, 6.45) is 1.50. The molecule has 1 N–H and O–H groups in total. The molecule has 6 nitrogen and oxygen atoms in total. The van der Waals surface area contributed by atoms with E-state index in [4.69, 9.17) is 5.11 Å². The first-order chi connectivity index (χ1) is 8.32. The number of halogens is 1. The molecule has 1 heterocycles. The lowest BCUT2D eigenvalue weighted by atomic mass is 10.2. The molecule has 0 aliphatic heterocycles. The number of anilines is 1. The topological polar surface area (TPSA) is 73.7 Å². The molecule has 0 spiro atoms. The van der Waals surface area contributed by atoms with Gasteiger partial charge in [-0.15, -0.1) is 0 Å². The van der Waals surface area contributed by atoms with Crippen molar-refractivity contribution in [2.24, 2.45) is 0 Å². The van der Waals surface area contributed by atoms with Crippen molar-refractivity contribution in [3.05, 3.63) is 22.3 Å². The van der Waals surface area contributed by atoms with Gasteiger partial charge in [-0.05, 0) is 22.0 Å². The Balaban J connectivity index is 3.02. The highest BCUT2D eigenvalue weighted by Gasteiger charge is 2.18. The van der Waals surface area contributed by atoms with Crippen LogP contribution in [-0.4, -0.2) is 54.6 Å². The highest BCUT2D eigenvalue weighted by atomic mass is 79.9. The number of rotatable bonds is 4. The van der Waals surface area contributed by atoms with Gasteiger partial charge in [0.2, 0.25) is 5.91 Å². The highest BCUT2D eigenvalue weighted by Crippen LogP contribution is 2.20. The molecule has 7 heteroatoms. The molecule has 0 atom stereocenters. The van der Waals surface area contributed by atoms with Gasteiger partial charge >= 0.3 is 5.97 Å². The van der Waals surface area contributed by atoms with Crippen LogP contribution in [0.25, 0.3) is 0 Å². The fourth-order valence-corrected chi connectivity index (χ4v) is 1.64. The quantitative estimate of drug-likeness (QED) is 0.899. The summed E-state index contributed by atoms with van der Waals surface area (Å²) in [5.41, 5.74) is 0.0541. The molecule has 0 fully saturated rings. The summed E-state index contributed by atoms with van der Waals surface area (Å²) in [6, 6.07) is 1.46. The Morgan fingerprint density at radius 1 is 1.39 bits per heavy atom. The molecule has 0 unspecified atom stereocenters. The van der Waals surface area contributed by atoms with Crippen molar-refractivity contribution in [2.75, 3.05) is 32.6 Å². The van der Waals surface area contributed by atoms with Crippen molar-refractivity contribution in [3.8, 4) is 0 Å². The van der Waals surface area contributed by atoms with Gasteiger partial charge in [0.25, 0.3) is 0 Å². The lowest BCUT2D eigenvalue weighted by Crippen LogP contribution is -2.35. The number of hydrogen-bond acceptors (Lipinski definition) is 4. The second-order valence-corrected chi connectivity index (χ2v) is 4.89. The van der Waals surface area contributed by atoms with Gasteiger partial charge in [0.05, 0.1) is 6.54 Å². The van der Waals surface area contributed by atoms with E-state index in [1.807, 2.05) is 0 Å². The Bertz CT molecular complexity index is 477. The molecule has 1 aromatic rings. The summed E-state index contributed by atoms with van der Waals surface area (Å²) in [5, 5.41) is 9.10. The molecule has 1 rings (SSSR count). The Labute approximate surface area is 113 Å². The number of carboxylic acids is 1. The van der Waals surface area contributed by atoms with E-state index in [0.29, 0.717) is 4.47 Å². The van der Waals surface area contributed by atoms with Crippen LogP contribution in [0.4, 0.5) is 5.82 Å². The van der Waals surface area contributed by atoms with Crippen LogP contribution in [-0.2, 0) is 4.79 Å². The minimum absolute atomic E-state index is 0.0541. The zero-order chi connectivity index (χ0) is 13.9. The normalized spacial score (nSPS) is 10.0. The molecular weight excluding hydrogens is 302 g/mol. The van der Waals surface area contributed by atoms with Crippen molar-refractivity contribution in [2.45, 2.75) is 0 Å². The van der Waals surface area contributed by atoms with Gasteiger partial charge < -0.3 is 14.9 Å². The zero-order valence-corrected chi connectivity index (χ0v) is 11.9. The van der Waals surface area contributed by atoms with E-state index in [1.54, 1.807) is 21.1 Å². The maximum Gasteiger partial charge on any atom is 0.339 e. The van der Waals surface area contributed by atoms with Crippen LogP contribution in [0.1, 0.15) is 10.4 Å². The second kappa shape index (κ2) is 5.81. The summed E-state index contributed by atoms with van der Waals surface area (Å²) < 4.78 is 0.580. The minimum Gasteiger partial charge on any atom is -0.478 e. The van der Waals surface area contributed by atoms with Gasteiger partial charge in [0.15, 0.2) is 0 Å². The largest absolute Gasteiger partial charge is 0.478 e. The molecule has 0 saturated carbocycles. The van der Waals surface area contributed by atoms with Crippen LogP contribution in [0, 0.1) is 0 Å². The van der Waals surface area contributed by atoms with Crippen LogP contribution >= 0.6 is 15.9 Å². The van der Waals surface area contributed by atoms with Gasteiger partial charge in [0.1, 0.15) is 11.4 Å². The average molecular weight is 316 g/mol. The van der Waals surface area contributed by atoms with Crippen LogP contribution in [0.2, 0.25) is 0 Å². The summed E-state index contributed by atoms with van der Waals surface area (Å²) >= 11 is 3.17. The van der Waals surface area contributed by atoms with Gasteiger partial charge in [0, 0.05) is 31.8 Å². The molecule has 0 bridgehead atoms. The van der Waals surface area contributed by atoms with E-state index in [-0.39, 0.29) is 23.8 Å². The van der Waals surface area contributed by atoms with E-state index >= 15 is 0 Å². The summed E-state index contributed by atoms with van der Waals surface area (Å²) in [5.74, 6) is -0.942. The Morgan fingerprint density at radius 2 is 2.00 bits per heavy atom. The summed E-state index contributed by atoms with van der Waals surface area (Å²) in [6.45, 7) is 0.0713. The lowest BCUT2D eigenvalue weighted by Gasteiger charge is -2.21. The van der Waals surface area contributed by atoms with E-state index in [9.17, 15) is 9.59 Å². The van der Waals surface area contributed by atoms with Crippen molar-refractivity contribution >= 4 is 33.6 Å². The number of carboxylic acid groups (broad SMARTS) is 1. The molecule has 0 aromatic carbocycles. The van der Waals surface area contributed by atoms with Gasteiger partial charge in [-0.25, -0.2) is 9.78 Å². The number of nitrogens with zero attached hydrogens (tertiary/aromatic N) is 3. The SMILES string of the molecule is CN(C)C(=O)CN(C)c1ncc(Br)cc1C(=O)O. The average Bonchev–Trinajstić information content (AvgIpc) is 2.28. The molecule has 0 radical (unpaired) electrons. The first kappa shape index (κ1) is 14.4. The molecule has 98 valence electrons. The van der Waals surface area contributed by atoms with Crippen molar-refractivity contribution in [1.82, 2.24) is 9.88 Å². The Kier molecular flexibility index (Phi) is 4.66. The smallest absolute Gasteiger partial charge is 0.339 e. The number of amides is 1. The van der Waals surface area contributed by atoms with Crippen molar-refractivity contribution in [3.63, 3.8) is 0 Å². The molecule has 0 saturated heterocycles. The first-order valence-electron chi connectivity index (χ1n) is 5.13. The summed E-state index contributed by atoms with van der Waals surface area (Å²) in [7, 11) is 4.91. The molecule has 1 aromatic heterocycles. The molecule has 0 aliphatic rings. The van der Waals surface area contributed by atoms with E-state index in [1.165, 1.54) is 22.1 Å². The van der Waals surface area contributed by atoms with Crippen molar-refractivity contribution in [1.29, 1.82) is 0 Å². The van der Waals surface area contributed by atoms with Gasteiger partial charge in [-0.2, -0.15) is 0 Å². The fraction of sp³-hybridized carbons (Fsp3) is 0.364. The van der Waals surface area contributed by atoms with Crippen LogP contribution in [0.15, 0.2) is 16.7 Å². The number of pyridine rings is 1. The predicted molar refractivity (Wildman–Crippen MR) is 70.9 cm³/mol. The minimum atomic E-state index is -1.08. The fourth-order valence-electron chi connectivity index (χ4n) is 1.31. The number of aromatic nitrogens is 1. The van der Waals surface area contributed by atoms with E-state index < -0.39 is 5.97 Å². The standard InChI is InChI=1S/C11H14BrN3O3/c1-14(2)9(16)6-15(3)10-8(11(17)18)4-7(12)5-13-10/h4-5H,6H2,1-3H3,(H,17,18). The van der Waals surface area contributed by atoms with Gasteiger partial charge in [-0.1, -0.05) is 0 Å². The third-order valence-corrected chi connectivity index (χ3v) is 2.73. The predicted octanol–water partition coefficient (Wildman–Crippen LogP) is 1.07. The number of hydrogen-bond donors (Lipinski definition) is 1. The second-order valence-electron chi connectivity index (χ2n) is 3.97. The van der Waals surface area contributed by atoms with Crippen LogP contribution < -0.4 is 4.90 Å². The third-order valence-electron chi connectivity index (χ3n) is 2.30. The van der Waals surface area contributed by atoms with Crippen molar-refractivity contribution < 1.29 is 14.7 Å². The third kappa shape index (κ3) is 3.43.